The molecule has 0 aliphatic heterocycles. The molecule has 0 unspecified atom stereocenters. The van der Waals surface area contributed by atoms with E-state index in [1.165, 1.54) is 4.52 Å². The van der Waals surface area contributed by atoms with Crippen molar-refractivity contribution in [3.8, 4) is 0 Å². The second-order valence-electron chi connectivity index (χ2n) is 6.09. The van der Waals surface area contributed by atoms with Gasteiger partial charge < -0.3 is 10.4 Å². The first-order chi connectivity index (χ1) is 10.9. The topological polar surface area (TPSA) is 109 Å². The maximum atomic E-state index is 12.4. The zero-order valence-electron chi connectivity index (χ0n) is 13.2. The number of nitrogens with one attached hydrogen (secondary N) is 1. The van der Waals surface area contributed by atoms with E-state index in [-0.39, 0.29) is 5.82 Å². The molecular weight excluding hydrogens is 298 g/mol. The summed E-state index contributed by atoms with van der Waals surface area (Å²) in [6.07, 6.45) is 3.41. The Kier molecular flexibility index (Phi) is 3.75. The van der Waals surface area contributed by atoms with Crippen molar-refractivity contribution < 1.29 is 14.7 Å². The van der Waals surface area contributed by atoms with Crippen LogP contribution in [-0.4, -0.2) is 42.1 Å². The van der Waals surface area contributed by atoms with Gasteiger partial charge in [-0.25, -0.2) is 14.3 Å². The fourth-order valence-electron chi connectivity index (χ4n) is 3.08. The summed E-state index contributed by atoms with van der Waals surface area (Å²) in [6.45, 7) is 3.68. The van der Waals surface area contributed by atoms with Gasteiger partial charge in [-0.1, -0.05) is 19.3 Å². The molecule has 0 radical (unpaired) electrons. The van der Waals surface area contributed by atoms with Crippen LogP contribution in [0, 0.1) is 13.8 Å². The molecule has 1 fully saturated rings. The fraction of sp³-hybridized carbons (Fsp3) is 0.533. The predicted molar refractivity (Wildman–Crippen MR) is 81.2 cm³/mol. The zero-order valence-corrected chi connectivity index (χ0v) is 13.2. The molecule has 23 heavy (non-hydrogen) atoms. The lowest BCUT2D eigenvalue weighted by Gasteiger charge is -2.33. The van der Waals surface area contributed by atoms with Crippen LogP contribution in [0.5, 0.6) is 0 Å². The summed E-state index contributed by atoms with van der Waals surface area (Å²) >= 11 is 0. The first-order valence-electron chi connectivity index (χ1n) is 7.68. The van der Waals surface area contributed by atoms with Gasteiger partial charge >= 0.3 is 5.97 Å². The van der Waals surface area contributed by atoms with E-state index >= 15 is 0 Å². The molecule has 8 heteroatoms. The Morgan fingerprint density at radius 2 is 1.91 bits per heavy atom. The first kappa shape index (κ1) is 15.4. The predicted octanol–water partition coefficient (Wildman–Crippen LogP) is 1.26. The normalized spacial score (nSPS) is 17.1. The van der Waals surface area contributed by atoms with Crippen LogP contribution in [0.1, 0.15) is 54.1 Å². The number of aliphatic carboxylic acids is 1. The van der Waals surface area contributed by atoms with Crippen molar-refractivity contribution in [1.29, 1.82) is 0 Å². The van der Waals surface area contributed by atoms with E-state index < -0.39 is 17.4 Å². The minimum atomic E-state index is -1.22. The van der Waals surface area contributed by atoms with E-state index in [1.807, 2.05) is 19.9 Å². The summed E-state index contributed by atoms with van der Waals surface area (Å²) in [5.74, 6) is -1.30. The third-order valence-corrected chi connectivity index (χ3v) is 4.29. The highest BCUT2D eigenvalue weighted by atomic mass is 16.4. The van der Waals surface area contributed by atoms with Gasteiger partial charge in [0.05, 0.1) is 0 Å². The first-order valence-corrected chi connectivity index (χ1v) is 7.68. The van der Waals surface area contributed by atoms with E-state index in [0.717, 1.165) is 30.7 Å². The monoisotopic (exact) mass is 317 g/mol. The molecule has 1 saturated carbocycles. The van der Waals surface area contributed by atoms with Crippen LogP contribution in [0.15, 0.2) is 6.07 Å². The summed E-state index contributed by atoms with van der Waals surface area (Å²) in [6, 6.07) is 1.84. The largest absolute Gasteiger partial charge is 0.480 e. The number of hydrogen-bond acceptors (Lipinski definition) is 5. The lowest BCUT2D eigenvalue weighted by Crippen LogP contribution is -2.55. The van der Waals surface area contributed by atoms with Crippen molar-refractivity contribution in [2.75, 3.05) is 0 Å². The van der Waals surface area contributed by atoms with Gasteiger partial charge in [-0.3, -0.25) is 4.79 Å². The maximum Gasteiger partial charge on any atom is 0.329 e. The van der Waals surface area contributed by atoms with Crippen molar-refractivity contribution in [2.24, 2.45) is 0 Å². The van der Waals surface area contributed by atoms with Crippen LogP contribution in [0.2, 0.25) is 0 Å². The van der Waals surface area contributed by atoms with E-state index in [2.05, 4.69) is 20.4 Å². The number of amides is 1. The van der Waals surface area contributed by atoms with Crippen LogP contribution in [0.4, 0.5) is 0 Å². The Labute approximate surface area is 132 Å². The van der Waals surface area contributed by atoms with E-state index in [4.69, 9.17) is 0 Å². The molecule has 8 nitrogen and oxygen atoms in total. The average Bonchev–Trinajstić information content (AvgIpc) is 2.92. The number of carboxylic acid groups (broad SMARTS) is 1. The molecule has 2 heterocycles. The zero-order chi connectivity index (χ0) is 16.6. The van der Waals surface area contributed by atoms with Gasteiger partial charge in [-0.05, 0) is 32.8 Å². The number of rotatable bonds is 3. The number of aromatic nitrogens is 4. The molecule has 1 aliphatic carbocycles. The molecule has 0 atom stereocenters. The summed E-state index contributed by atoms with van der Waals surface area (Å²) in [5.41, 5.74) is 0.374. The molecule has 0 spiro atoms. The number of carboxylic acids is 1. The van der Waals surface area contributed by atoms with E-state index in [0.29, 0.717) is 18.6 Å². The highest BCUT2D eigenvalue weighted by molar-refractivity contribution is 5.95. The lowest BCUT2D eigenvalue weighted by atomic mass is 9.81. The molecule has 0 saturated heterocycles. The van der Waals surface area contributed by atoms with Crippen LogP contribution in [0.3, 0.4) is 0 Å². The SMILES string of the molecule is Cc1cc(C)n2nc(C(=O)NC3(C(=O)O)CCCCC3)nc2n1. The molecule has 2 aromatic rings. The lowest BCUT2D eigenvalue weighted by molar-refractivity contribution is -0.145. The average molecular weight is 317 g/mol. The molecule has 1 amide bonds. The maximum absolute atomic E-state index is 12.4. The van der Waals surface area contributed by atoms with Crippen LogP contribution < -0.4 is 5.32 Å². The molecule has 122 valence electrons. The van der Waals surface area contributed by atoms with Crippen molar-refractivity contribution in [3.63, 3.8) is 0 Å². The standard InChI is InChI=1S/C15H19N5O3/c1-9-8-10(2)20-14(16-9)17-11(19-20)12(21)18-15(13(22)23)6-4-3-5-7-15/h8H,3-7H2,1-2H3,(H,18,21)(H,22,23). The Morgan fingerprint density at radius 3 is 2.57 bits per heavy atom. The van der Waals surface area contributed by atoms with Gasteiger partial charge in [0.2, 0.25) is 5.82 Å². The molecule has 2 N–H and O–H groups in total. The van der Waals surface area contributed by atoms with E-state index in [1.54, 1.807) is 0 Å². The highest BCUT2D eigenvalue weighted by Gasteiger charge is 2.41. The Balaban J connectivity index is 1.91. The summed E-state index contributed by atoms with van der Waals surface area (Å²) in [5, 5.41) is 16.3. The van der Waals surface area contributed by atoms with E-state index in [9.17, 15) is 14.7 Å². The molecule has 1 aliphatic rings. The number of carbonyl (C=O) groups excluding carboxylic acids is 1. The van der Waals surface area contributed by atoms with Gasteiger partial charge in [0.15, 0.2) is 0 Å². The van der Waals surface area contributed by atoms with Crippen LogP contribution in [0.25, 0.3) is 5.78 Å². The van der Waals surface area contributed by atoms with Gasteiger partial charge in [0, 0.05) is 11.4 Å². The summed E-state index contributed by atoms with van der Waals surface area (Å²) in [4.78, 5) is 32.4. The number of aryl methyl sites for hydroxylation is 2. The number of carbonyl (C=O) groups is 2. The second kappa shape index (κ2) is 5.60. The quantitative estimate of drug-likeness (QED) is 0.882. The minimum Gasteiger partial charge on any atom is -0.480 e. The number of hydrogen-bond donors (Lipinski definition) is 2. The molecular formula is C15H19N5O3. The minimum absolute atomic E-state index is 0.0580. The Hall–Kier alpha value is -2.51. The summed E-state index contributed by atoms with van der Waals surface area (Å²) in [7, 11) is 0. The highest BCUT2D eigenvalue weighted by Crippen LogP contribution is 2.28. The molecule has 0 aromatic carbocycles. The van der Waals surface area contributed by atoms with Crippen molar-refractivity contribution in [2.45, 2.75) is 51.5 Å². The van der Waals surface area contributed by atoms with Crippen LogP contribution >= 0.6 is 0 Å². The summed E-state index contributed by atoms with van der Waals surface area (Å²) < 4.78 is 1.48. The number of fused-ring (bicyclic) bond motifs is 1. The molecule has 3 rings (SSSR count). The second-order valence-corrected chi connectivity index (χ2v) is 6.09. The third-order valence-electron chi connectivity index (χ3n) is 4.29. The van der Waals surface area contributed by atoms with Crippen molar-refractivity contribution in [1.82, 2.24) is 24.9 Å². The Bertz CT molecular complexity index is 777. The van der Waals surface area contributed by atoms with Gasteiger partial charge in [-0.15, -0.1) is 5.10 Å². The van der Waals surface area contributed by atoms with Crippen molar-refractivity contribution >= 4 is 17.7 Å². The fourth-order valence-corrected chi connectivity index (χ4v) is 3.08. The molecule has 2 aromatic heterocycles. The van der Waals surface area contributed by atoms with Crippen LogP contribution in [-0.2, 0) is 4.79 Å². The third kappa shape index (κ3) is 2.76. The molecule has 0 bridgehead atoms. The van der Waals surface area contributed by atoms with Crippen molar-refractivity contribution in [3.05, 3.63) is 23.3 Å². The Morgan fingerprint density at radius 1 is 1.22 bits per heavy atom. The van der Waals surface area contributed by atoms with Gasteiger partial charge in [-0.2, -0.15) is 4.98 Å². The van der Waals surface area contributed by atoms with Gasteiger partial charge in [0.25, 0.3) is 11.7 Å². The van der Waals surface area contributed by atoms with Gasteiger partial charge in [0.1, 0.15) is 5.54 Å². The smallest absolute Gasteiger partial charge is 0.329 e. The number of nitrogens with zero attached hydrogens (tertiary/aromatic N) is 4.